The molecule has 2 N–H and O–H groups in total. The maximum atomic E-state index is 5.63. The molecule has 0 heterocycles. The number of benzene rings is 1. The Labute approximate surface area is 85.1 Å². The molecule has 0 saturated heterocycles. The average Bonchev–Trinajstić information content (AvgIpc) is 3.00. The normalized spacial score (nSPS) is 17.9. The van der Waals surface area contributed by atoms with Crippen LogP contribution in [0, 0.1) is 0 Å². The van der Waals surface area contributed by atoms with E-state index in [1.165, 1.54) is 18.4 Å². The van der Waals surface area contributed by atoms with Crippen LogP contribution in [0.5, 0.6) is 5.75 Å². The van der Waals surface area contributed by atoms with Crippen molar-refractivity contribution in [3.8, 4) is 5.75 Å². The zero-order valence-electron chi connectivity index (χ0n) is 8.62. The van der Waals surface area contributed by atoms with Crippen LogP contribution in [0.2, 0.25) is 0 Å². The minimum absolute atomic E-state index is 0.378. The molecule has 2 rings (SSSR count). The largest absolute Gasteiger partial charge is 0.497 e. The van der Waals surface area contributed by atoms with E-state index < -0.39 is 0 Å². The lowest BCUT2D eigenvalue weighted by Crippen LogP contribution is -2.13. The average molecular weight is 191 g/mol. The van der Waals surface area contributed by atoms with Gasteiger partial charge in [0, 0.05) is 0 Å². The molecule has 0 radical (unpaired) electrons. The van der Waals surface area contributed by atoms with Crippen LogP contribution >= 0.6 is 0 Å². The summed E-state index contributed by atoms with van der Waals surface area (Å²) in [5.74, 6) is 0.950. The zero-order chi connectivity index (χ0) is 10.0. The van der Waals surface area contributed by atoms with Crippen molar-refractivity contribution in [3.05, 3.63) is 29.8 Å². The van der Waals surface area contributed by atoms with Gasteiger partial charge in [0.2, 0.25) is 0 Å². The van der Waals surface area contributed by atoms with E-state index in [0.29, 0.717) is 5.41 Å². The van der Waals surface area contributed by atoms with E-state index in [4.69, 9.17) is 10.5 Å². The molecular weight excluding hydrogens is 174 g/mol. The van der Waals surface area contributed by atoms with E-state index >= 15 is 0 Å². The summed E-state index contributed by atoms with van der Waals surface area (Å²) in [5.41, 5.74) is 7.40. The molecule has 2 nitrogen and oxygen atoms in total. The Kier molecular flexibility index (Phi) is 2.46. The number of methoxy groups -OCH3 is 1. The van der Waals surface area contributed by atoms with Gasteiger partial charge in [-0.15, -0.1) is 0 Å². The predicted molar refractivity (Wildman–Crippen MR) is 57.6 cm³/mol. The lowest BCUT2D eigenvalue weighted by Gasteiger charge is -2.15. The second kappa shape index (κ2) is 3.62. The second-order valence-electron chi connectivity index (χ2n) is 4.05. The smallest absolute Gasteiger partial charge is 0.119 e. The maximum absolute atomic E-state index is 5.63. The topological polar surface area (TPSA) is 35.2 Å². The SMILES string of the molecule is COc1cccc(C2(CCN)CC2)c1. The minimum atomic E-state index is 0.378. The Morgan fingerprint density at radius 1 is 1.43 bits per heavy atom. The fourth-order valence-corrected chi connectivity index (χ4v) is 2.06. The third kappa shape index (κ3) is 1.62. The molecule has 1 fully saturated rings. The first kappa shape index (κ1) is 9.53. The lowest BCUT2D eigenvalue weighted by molar-refractivity contribution is 0.413. The highest BCUT2D eigenvalue weighted by atomic mass is 16.5. The summed E-state index contributed by atoms with van der Waals surface area (Å²) in [6.07, 6.45) is 3.65. The first-order valence-electron chi connectivity index (χ1n) is 5.15. The van der Waals surface area contributed by atoms with E-state index in [1.807, 2.05) is 6.07 Å². The first-order chi connectivity index (χ1) is 6.80. The van der Waals surface area contributed by atoms with Crippen LogP contribution < -0.4 is 10.5 Å². The quantitative estimate of drug-likeness (QED) is 0.790. The third-order valence-electron chi connectivity index (χ3n) is 3.16. The molecule has 1 aliphatic carbocycles. The summed E-state index contributed by atoms with van der Waals surface area (Å²) < 4.78 is 5.22. The highest BCUT2D eigenvalue weighted by molar-refractivity contribution is 5.37. The number of hydrogen-bond donors (Lipinski definition) is 1. The first-order valence-corrected chi connectivity index (χ1v) is 5.15. The van der Waals surface area contributed by atoms with Gasteiger partial charge in [0.25, 0.3) is 0 Å². The Morgan fingerprint density at radius 3 is 2.79 bits per heavy atom. The molecule has 0 bridgehead atoms. The van der Waals surface area contributed by atoms with Crippen molar-refractivity contribution in [2.75, 3.05) is 13.7 Å². The van der Waals surface area contributed by atoms with Crippen LogP contribution in [0.1, 0.15) is 24.8 Å². The molecule has 2 heteroatoms. The van der Waals surface area contributed by atoms with Crippen molar-refractivity contribution in [1.82, 2.24) is 0 Å². The molecule has 1 saturated carbocycles. The van der Waals surface area contributed by atoms with Gasteiger partial charge in [-0.2, -0.15) is 0 Å². The lowest BCUT2D eigenvalue weighted by atomic mass is 9.92. The molecule has 76 valence electrons. The van der Waals surface area contributed by atoms with E-state index in [0.717, 1.165) is 18.7 Å². The van der Waals surface area contributed by atoms with Crippen molar-refractivity contribution in [2.45, 2.75) is 24.7 Å². The Morgan fingerprint density at radius 2 is 2.21 bits per heavy atom. The number of rotatable bonds is 4. The Bertz CT molecular complexity index is 318. The highest BCUT2D eigenvalue weighted by Gasteiger charge is 2.43. The molecule has 1 aromatic rings. The highest BCUT2D eigenvalue weighted by Crippen LogP contribution is 2.51. The predicted octanol–water partition coefficient (Wildman–Crippen LogP) is 2.08. The number of ether oxygens (including phenoxy) is 1. The summed E-state index contributed by atoms with van der Waals surface area (Å²) in [5, 5.41) is 0. The van der Waals surface area contributed by atoms with Crippen molar-refractivity contribution < 1.29 is 4.74 Å². The maximum Gasteiger partial charge on any atom is 0.119 e. The molecule has 1 aliphatic rings. The van der Waals surface area contributed by atoms with E-state index in [2.05, 4.69) is 18.2 Å². The standard InChI is InChI=1S/C12H17NO/c1-14-11-4-2-3-10(9-11)12(5-6-12)7-8-13/h2-4,9H,5-8,13H2,1H3. The van der Waals surface area contributed by atoms with Crippen molar-refractivity contribution >= 4 is 0 Å². The van der Waals surface area contributed by atoms with Crippen LogP contribution in [0.4, 0.5) is 0 Å². The molecule has 0 atom stereocenters. The zero-order valence-corrected chi connectivity index (χ0v) is 8.62. The monoisotopic (exact) mass is 191 g/mol. The van der Waals surface area contributed by atoms with E-state index in [-0.39, 0.29) is 0 Å². The fourth-order valence-electron chi connectivity index (χ4n) is 2.06. The van der Waals surface area contributed by atoms with Crippen LogP contribution in [-0.2, 0) is 5.41 Å². The molecule has 14 heavy (non-hydrogen) atoms. The molecular formula is C12H17NO. The summed E-state index contributed by atoms with van der Waals surface area (Å²) in [4.78, 5) is 0. The Hall–Kier alpha value is -1.02. The van der Waals surface area contributed by atoms with Gasteiger partial charge in [0.1, 0.15) is 5.75 Å². The molecule has 0 aromatic heterocycles. The fraction of sp³-hybridized carbons (Fsp3) is 0.500. The van der Waals surface area contributed by atoms with Gasteiger partial charge < -0.3 is 10.5 Å². The van der Waals surface area contributed by atoms with Crippen molar-refractivity contribution in [1.29, 1.82) is 0 Å². The van der Waals surface area contributed by atoms with E-state index in [9.17, 15) is 0 Å². The third-order valence-corrected chi connectivity index (χ3v) is 3.16. The molecule has 0 unspecified atom stereocenters. The van der Waals surface area contributed by atoms with Gasteiger partial charge in [-0.05, 0) is 48.9 Å². The van der Waals surface area contributed by atoms with Crippen LogP contribution in [0.3, 0.4) is 0 Å². The summed E-state index contributed by atoms with van der Waals surface area (Å²) in [7, 11) is 1.71. The van der Waals surface area contributed by atoms with Gasteiger partial charge in [-0.1, -0.05) is 12.1 Å². The van der Waals surface area contributed by atoms with Crippen molar-refractivity contribution in [3.63, 3.8) is 0 Å². The summed E-state index contributed by atoms with van der Waals surface area (Å²) in [6, 6.07) is 8.38. The van der Waals surface area contributed by atoms with Gasteiger partial charge in [-0.25, -0.2) is 0 Å². The molecule has 0 spiro atoms. The second-order valence-corrected chi connectivity index (χ2v) is 4.05. The van der Waals surface area contributed by atoms with Gasteiger partial charge in [0.05, 0.1) is 7.11 Å². The van der Waals surface area contributed by atoms with Crippen LogP contribution in [-0.4, -0.2) is 13.7 Å². The molecule has 0 amide bonds. The van der Waals surface area contributed by atoms with Crippen LogP contribution in [0.15, 0.2) is 24.3 Å². The van der Waals surface area contributed by atoms with Crippen LogP contribution in [0.25, 0.3) is 0 Å². The van der Waals surface area contributed by atoms with Crippen molar-refractivity contribution in [2.24, 2.45) is 5.73 Å². The Balaban J connectivity index is 2.23. The van der Waals surface area contributed by atoms with Gasteiger partial charge >= 0.3 is 0 Å². The molecule has 0 aliphatic heterocycles. The van der Waals surface area contributed by atoms with E-state index in [1.54, 1.807) is 7.11 Å². The summed E-state index contributed by atoms with van der Waals surface area (Å²) in [6.45, 7) is 0.775. The molecule has 1 aromatic carbocycles. The summed E-state index contributed by atoms with van der Waals surface area (Å²) >= 11 is 0. The van der Waals surface area contributed by atoms with Gasteiger partial charge in [0.15, 0.2) is 0 Å². The minimum Gasteiger partial charge on any atom is -0.497 e. The number of nitrogens with two attached hydrogens (primary N) is 1. The number of hydrogen-bond acceptors (Lipinski definition) is 2. The van der Waals surface area contributed by atoms with Gasteiger partial charge in [-0.3, -0.25) is 0 Å².